The number of aromatic nitrogens is 1. The molecule has 0 unspecified atom stereocenters. The molecule has 1 aromatic heterocycles. The van der Waals surface area contributed by atoms with Crippen LogP contribution < -0.4 is 5.73 Å². The monoisotopic (exact) mass is 248 g/mol. The molecule has 11 nitrogen and oxygen atoms in total. The average Bonchev–Trinajstić information content (AvgIpc) is 2.17. The summed E-state index contributed by atoms with van der Waals surface area (Å²) in [5.74, 6) is -0.442. The van der Waals surface area contributed by atoms with Gasteiger partial charge in [-0.15, -0.1) is 20.2 Å². The van der Waals surface area contributed by atoms with Crippen LogP contribution >= 0.6 is 0 Å². The van der Waals surface area contributed by atoms with E-state index in [4.69, 9.17) is 36.4 Å². The smallest absolute Gasteiger partial charge is 0.291 e. The molecule has 0 aromatic carbocycles. The van der Waals surface area contributed by atoms with E-state index in [-0.39, 0.29) is 0 Å². The van der Waals surface area contributed by atoms with Crippen LogP contribution in [-0.4, -0.2) is 31.5 Å². The normalized spacial score (nSPS) is 7.53. The number of nitrogens with two attached hydrogens (primary N) is 1. The third-order valence-electron chi connectivity index (χ3n) is 0.946. The zero-order chi connectivity index (χ0) is 13.8. The van der Waals surface area contributed by atoms with E-state index in [9.17, 15) is 4.79 Å². The highest BCUT2D eigenvalue weighted by Gasteiger charge is 1.94. The number of pyridine rings is 1. The Hall–Kier alpha value is -2.98. The molecule has 0 aliphatic rings. The molecule has 0 atom stereocenters. The van der Waals surface area contributed by atoms with Crippen molar-refractivity contribution >= 4 is 5.91 Å². The summed E-state index contributed by atoms with van der Waals surface area (Å²) >= 11 is 0. The van der Waals surface area contributed by atoms with Gasteiger partial charge in [0.2, 0.25) is 5.91 Å². The van der Waals surface area contributed by atoms with Gasteiger partial charge in [0.1, 0.15) is 0 Å². The summed E-state index contributed by atoms with van der Waals surface area (Å²) in [4.78, 5) is 30.8. The van der Waals surface area contributed by atoms with Gasteiger partial charge in [-0.3, -0.25) is 9.78 Å². The highest BCUT2D eigenvalue weighted by molar-refractivity contribution is 5.92. The first-order chi connectivity index (χ1) is 7.77. The molecule has 4 N–H and O–H groups in total. The molecule has 94 valence electrons. The van der Waals surface area contributed by atoms with E-state index in [1.807, 2.05) is 0 Å². The summed E-state index contributed by atoms with van der Waals surface area (Å²) in [5, 5.41) is 27.3. The molecule has 1 aromatic rings. The van der Waals surface area contributed by atoms with Crippen molar-refractivity contribution in [1.82, 2.24) is 4.98 Å². The maximum absolute atomic E-state index is 10.4. The quantitative estimate of drug-likeness (QED) is 0.437. The Bertz CT molecular complexity index is 348. The first kappa shape index (κ1) is 16.4. The van der Waals surface area contributed by atoms with Gasteiger partial charge in [-0.2, -0.15) is 0 Å². The van der Waals surface area contributed by atoms with Crippen molar-refractivity contribution in [2.24, 2.45) is 5.73 Å². The minimum atomic E-state index is -1.50. The van der Waals surface area contributed by atoms with Crippen molar-refractivity contribution in [3.8, 4) is 0 Å². The van der Waals surface area contributed by atoms with Crippen molar-refractivity contribution in [2.75, 3.05) is 0 Å². The van der Waals surface area contributed by atoms with Gasteiger partial charge in [-0.05, 0) is 12.1 Å². The molecule has 0 radical (unpaired) electrons. The Morgan fingerprint density at radius 1 is 1.29 bits per heavy atom. The van der Waals surface area contributed by atoms with Crippen molar-refractivity contribution in [1.29, 1.82) is 0 Å². The fraction of sp³-hybridized carbons (Fsp3) is 0. The minimum Gasteiger partial charge on any atom is -0.366 e. The Kier molecular flexibility index (Phi) is 9.26. The van der Waals surface area contributed by atoms with Crippen LogP contribution in [0.5, 0.6) is 0 Å². The summed E-state index contributed by atoms with van der Waals surface area (Å²) in [7, 11) is 0. The third-order valence-corrected chi connectivity index (χ3v) is 0.946. The first-order valence-corrected chi connectivity index (χ1v) is 3.63. The van der Waals surface area contributed by atoms with Crippen LogP contribution in [0.25, 0.3) is 0 Å². The number of carbonyl (C=O) groups is 1. The van der Waals surface area contributed by atoms with Gasteiger partial charge in [-0.1, -0.05) is 0 Å². The lowest BCUT2D eigenvalue weighted by molar-refractivity contribution is -0.742. The molecule has 0 aliphatic heterocycles. The minimum absolute atomic E-state index is 0.442. The molecule has 0 aliphatic carbocycles. The van der Waals surface area contributed by atoms with Gasteiger partial charge in [0.25, 0.3) is 10.2 Å². The van der Waals surface area contributed by atoms with Gasteiger partial charge >= 0.3 is 0 Å². The fourth-order valence-corrected chi connectivity index (χ4v) is 0.509. The van der Waals surface area contributed by atoms with Crippen LogP contribution in [0.3, 0.4) is 0 Å². The van der Waals surface area contributed by atoms with Crippen LogP contribution in [0.2, 0.25) is 0 Å². The maximum atomic E-state index is 10.4. The molecular weight excluding hydrogens is 240 g/mol. The highest BCUT2D eigenvalue weighted by atomic mass is 16.9. The van der Waals surface area contributed by atoms with E-state index in [0.717, 1.165) is 0 Å². The lowest BCUT2D eigenvalue weighted by atomic mass is 10.3. The number of hydrogen-bond acceptors (Lipinski definition) is 6. The zero-order valence-corrected chi connectivity index (χ0v) is 8.16. The molecule has 0 fully saturated rings. The van der Waals surface area contributed by atoms with E-state index in [0.29, 0.717) is 5.56 Å². The molecule has 0 bridgehead atoms. The SMILES string of the molecule is NC(=O)c1cccnc1.O=[N+]([O-])O.O=[N+]([O-])O. The van der Waals surface area contributed by atoms with Crippen LogP contribution in [0.1, 0.15) is 10.4 Å². The largest absolute Gasteiger partial charge is 0.366 e. The Labute approximate surface area is 93.3 Å². The van der Waals surface area contributed by atoms with Crippen molar-refractivity contribution in [3.05, 3.63) is 50.3 Å². The van der Waals surface area contributed by atoms with Gasteiger partial charge in [0.15, 0.2) is 0 Å². The van der Waals surface area contributed by atoms with Crippen LogP contribution in [0.4, 0.5) is 0 Å². The van der Waals surface area contributed by atoms with E-state index in [1.165, 1.54) is 6.20 Å². The standard InChI is InChI=1S/C6H6N2O.2HNO3/c7-6(9)5-2-1-3-8-4-5;2*2-1(3)4/h1-4H,(H2,7,9);2*(H,2,3,4). The number of primary amides is 1. The summed E-state index contributed by atoms with van der Waals surface area (Å²) in [5.41, 5.74) is 5.38. The van der Waals surface area contributed by atoms with Crippen LogP contribution in [0.15, 0.2) is 24.5 Å². The third kappa shape index (κ3) is 19.4. The zero-order valence-electron chi connectivity index (χ0n) is 8.16. The summed E-state index contributed by atoms with van der Waals surface area (Å²) < 4.78 is 0. The Morgan fingerprint density at radius 3 is 1.88 bits per heavy atom. The second-order valence-electron chi connectivity index (χ2n) is 2.08. The Morgan fingerprint density at radius 2 is 1.71 bits per heavy atom. The maximum Gasteiger partial charge on any atom is 0.291 e. The second-order valence-corrected chi connectivity index (χ2v) is 2.08. The van der Waals surface area contributed by atoms with Crippen LogP contribution in [0, 0.1) is 20.2 Å². The van der Waals surface area contributed by atoms with Gasteiger partial charge in [-0.25, -0.2) is 0 Å². The first-order valence-electron chi connectivity index (χ1n) is 3.63. The number of hydrogen-bond donors (Lipinski definition) is 3. The van der Waals surface area contributed by atoms with Gasteiger partial charge in [0.05, 0.1) is 5.56 Å². The number of rotatable bonds is 1. The lowest BCUT2D eigenvalue weighted by Gasteiger charge is -1.88. The molecule has 17 heavy (non-hydrogen) atoms. The molecule has 0 saturated carbocycles. The highest BCUT2D eigenvalue weighted by Crippen LogP contribution is 1.91. The van der Waals surface area contributed by atoms with E-state index in [1.54, 1.807) is 18.3 Å². The number of amides is 1. The van der Waals surface area contributed by atoms with E-state index >= 15 is 0 Å². The molecule has 1 rings (SSSR count). The van der Waals surface area contributed by atoms with Crippen molar-refractivity contribution < 1.29 is 25.4 Å². The number of carbonyl (C=O) groups excluding carboxylic acids is 1. The van der Waals surface area contributed by atoms with Crippen molar-refractivity contribution in [2.45, 2.75) is 0 Å². The topological polar surface area (TPSA) is 183 Å². The predicted octanol–water partition coefficient (Wildman–Crippen LogP) is -0.515. The summed E-state index contributed by atoms with van der Waals surface area (Å²) in [6.45, 7) is 0. The lowest BCUT2D eigenvalue weighted by Crippen LogP contribution is -2.10. The molecular formula is C6H8N4O7. The summed E-state index contributed by atoms with van der Waals surface area (Å²) in [6, 6.07) is 3.29. The average molecular weight is 248 g/mol. The molecule has 1 amide bonds. The summed E-state index contributed by atoms with van der Waals surface area (Å²) in [6.07, 6.45) is 3.02. The Balaban J connectivity index is 0. The van der Waals surface area contributed by atoms with Crippen LogP contribution in [-0.2, 0) is 0 Å². The van der Waals surface area contributed by atoms with E-state index < -0.39 is 16.1 Å². The molecule has 0 saturated heterocycles. The predicted molar refractivity (Wildman–Crippen MR) is 50.3 cm³/mol. The molecule has 0 spiro atoms. The van der Waals surface area contributed by atoms with Gasteiger partial charge < -0.3 is 16.1 Å². The van der Waals surface area contributed by atoms with Gasteiger partial charge in [0, 0.05) is 12.4 Å². The number of nitrogens with zero attached hydrogens (tertiary/aromatic N) is 3. The van der Waals surface area contributed by atoms with Crippen molar-refractivity contribution in [3.63, 3.8) is 0 Å². The molecule has 11 heteroatoms. The molecule has 1 heterocycles. The fourth-order valence-electron chi connectivity index (χ4n) is 0.509. The van der Waals surface area contributed by atoms with E-state index in [2.05, 4.69) is 4.98 Å². The second kappa shape index (κ2) is 9.57.